The van der Waals surface area contributed by atoms with Crippen molar-refractivity contribution in [3.8, 4) is 0 Å². The number of nitrogens with two attached hydrogens (primary N) is 1. The summed E-state index contributed by atoms with van der Waals surface area (Å²) in [5, 5.41) is 11.9. The van der Waals surface area contributed by atoms with Gasteiger partial charge in [0, 0.05) is 12.8 Å². The zero-order valence-electron chi connectivity index (χ0n) is 36.0. The number of aliphatic carboxylic acids is 1. The van der Waals surface area contributed by atoms with Crippen LogP contribution in [0.1, 0.15) is 200 Å². The molecule has 0 aliphatic carbocycles. The van der Waals surface area contributed by atoms with Crippen LogP contribution in [0.5, 0.6) is 0 Å². The monoisotopic (exact) mass is 781 g/mol. The SMILES string of the molecule is CC/C=C\C/C=C\C/C=C\C/C=C\CCCCCCC(=O)OC(CCC/C=C\C/C=C\CCCCCCC)CCCCCCCC(=O)NC(CCCN)C(=O)O. The fourth-order valence-electron chi connectivity index (χ4n) is 6.36. The zero-order valence-corrected chi connectivity index (χ0v) is 36.0. The van der Waals surface area contributed by atoms with Crippen LogP contribution >= 0.6 is 0 Å². The number of carbonyl (C=O) groups excluding carboxylic acids is 2. The summed E-state index contributed by atoms with van der Waals surface area (Å²) in [5.74, 6) is -1.29. The molecule has 0 aliphatic rings. The number of ether oxygens (including phenoxy) is 1. The molecule has 0 fully saturated rings. The van der Waals surface area contributed by atoms with Crippen molar-refractivity contribution in [3.05, 3.63) is 72.9 Å². The molecule has 0 rings (SSSR count). The van der Waals surface area contributed by atoms with Crippen LogP contribution in [-0.4, -0.2) is 41.6 Å². The first-order valence-corrected chi connectivity index (χ1v) is 22.8. The Labute approximate surface area is 343 Å². The van der Waals surface area contributed by atoms with Gasteiger partial charge in [-0.25, -0.2) is 4.79 Å². The van der Waals surface area contributed by atoms with Gasteiger partial charge >= 0.3 is 11.9 Å². The minimum Gasteiger partial charge on any atom is -0.480 e. The van der Waals surface area contributed by atoms with Crippen molar-refractivity contribution in [1.82, 2.24) is 5.32 Å². The summed E-state index contributed by atoms with van der Waals surface area (Å²) in [5.41, 5.74) is 5.49. The molecular weight excluding hydrogens is 697 g/mol. The summed E-state index contributed by atoms with van der Waals surface area (Å²) in [4.78, 5) is 36.4. The first-order valence-electron chi connectivity index (χ1n) is 22.8. The molecule has 56 heavy (non-hydrogen) atoms. The number of carbonyl (C=O) groups is 3. The Morgan fingerprint density at radius 3 is 1.55 bits per heavy atom. The van der Waals surface area contributed by atoms with Crippen LogP contribution in [-0.2, 0) is 19.1 Å². The van der Waals surface area contributed by atoms with Crippen molar-refractivity contribution in [2.75, 3.05) is 6.54 Å². The number of rotatable bonds is 40. The fourth-order valence-corrected chi connectivity index (χ4v) is 6.36. The number of hydrogen-bond donors (Lipinski definition) is 3. The van der Waals surface area contributed by atoms with Crippen molar-refractivity contribution < 1.29 is 24.2 Å². The number of hydrogen-bond acceptors (Lipinski definition) is 5. The number of allylic oxidation sites excluding steroid dienone is 12. The number of carboxylic acid groups (broad SMARTS) is 1. The topological polar surface area (TPSA) is 119 Å². The lowest BCUT2D eigenvalue weighted by Crippen LogP contribution is -2.40. The Kier molecular flexibility index (Phi) is 40.5. The van der Waals surface area contributed by atoms with Crippen molar-refractivity contribution in [2.45, 2.75) is 212 Å². The predicted octanol–water partition coefficient (Wildman–Crippen LogP) is 13.1. The van der Waals surface area contributed by atoms with Gasteiger partial charge in [-0.05, 0) is 122 Å². The Morgan fingerprint density at radius 2 is 1.00 bits per heavy atom. The normalized spacial score (nSPS) is 13.3. The van der Waals surface area contributed by atoms with Crippen molar-refractivity contribution in [2.24, 2.45) is 5.73 Å². The molecule has 0 saturated heterocycles. The van der Waals surface area contributed by atoms with E-state index in [2.05, 4.69) is 92.1 Å². The molecule has 0 radical (unpaired) electrons. The average Bonchev–Trinajstić information content (AvgIpc) is 3.18. The largest absolute Gasteiger partial charge is 0.480 e. The summed E-state index contributed by atoms with van der Waals surface area (Å²) >= 11 is 0. The van der Waals surface area contributed by atoms with Crippen LogP contribution < -0.4 is 11.1 Å². The molecule has 4 N–H and O–H groups in total. The van der Waals surface area contributed by atoms with Crippen molar-refractivity contribution in [3.63, 3.8) is 0 Å². The van der Waals surface area contributed by atoms with Crippen molar-refractivity contribution >= 4 is 17.8 Å². The molecule has 0 heterocycles. The van der Waals surface area contributed by atoms with Gasteiger partial charge in [0.1, 0.15) is 12.1 Å². The Morgan fingerprint density at radius 1 is 0.536 bits per heavy atom. The molecule has 0 aromatic carbocycles. The molecular formula is C49H84N2O5. The van der Waals surface area contributed by atoms with Crippen LogP contribution in [0.2, 0.25) is 0 Å². The Bertz CT molecular complexity index is 1110. The molecule has 320 valence electrons. The maximum absolute atomic E-state index is 12.8. The summed E-state index contributed by atoms with van der Waals surface area (Å²) < 4.78 is 6.02. The highest BCUT2D eigenvalue weighted by Gasteiger charge is 2.19. The van der Waals surface area contributed by atoms with E-state index in [0.29, 0.717) is 32.2 Å². The molecule has 2 unspecified atom stereocenters. The lowest BCUT2D eigenvalue weighted by atomic mass is 10.0. The van der Waals surface area contributed by atoms with E-state index >= 15 is 0 Å². The average molecular weight is 781 g/mol. The van der Waals surface area contributed by atoms with E-state index in [1.807, 2.05) is 0 Å². The van der Waals surface area contributed by atoms with Gasteiger partial charge in [0.05, 0.1) is 0 Å². The molecule has 0 saturated carbocycles. The molecule has 7 heteroatoms. The molecule has 1 amide bonds. The minimum absolute atomic E-state index is 0.0473. The highest BCUT2D eigenvalue weighted by molar-refractivity contribution is 5.83. The van der Waals surface area contributed by atoms with E-state index in [9.17, 15) is 19.5 Å². The Balaban J connectivity index is 4.45. The smallest absolute Gasteiger partial charge is 0.326 e. The number of nitrogens with one attached hydrogen (secondary N) is 1. The third-order valence-corrected chi connectivity index (χ3v) is 9.76. The number of esters is 1. The van der Waals surface area contributed by atoms with Gasteiger partial charge in [-0.3, -0.25) is 9.59 Å². The van der Waals surface area contributed by atoms with Crippen molar-refractivity contribution in [1.29, 1.82) is 0 Å². The van der Waals surface area contributed by atoms with Gasteiger partial charge in [-0.2, -0.15) is 0 Å². The van der Waals surface area contributed by atoms with Crippen LogP contribution in [0.25, 0.3) is 0 Å². The lowest BCUT2D eigenvalue weighted by molar-refractivity contribution is -0.150. The van der Waals surface area contributed by atoms with Gasteiger partial charge in [0.2, 0.25) is 5.91 Å². The van der Waals surface area contributed by atoms with Gasteiger partial charge in [-0.1, -0.05) is 145 Å². The van der Waals surface area contributed by atoms with E-state index in [1.165, 1.54) is 38.5 Å². The van der Waals surface area contributed by atoms with E-state index in [1.54, 1.807) is 0 Å². The van der Waals surface area contributed by atoms with Gasteiger partial charge in [0.15, 0.2) is 0 Å². The quantitative estimate of drug-likeness (QED) is 0.0324. The van der Waals surface area contributed by atoms with Crippen LogP contribution in [0.4, 0.5) is 0 Å². The highest BCUT2D eigenvalue weighted by Crippen LogP contribution is 2.18. The van der Waals surface area contributed by atoms with E-state index in [0.717, 1.165) is 122 Å². The second kappa shape index (κ2) is 42.9. The second-order valence-corrected chi connectivity index (χ2v) is 15.1. The summed E-state index contributed by atoms with van der Waals surface area (Å²) in [7, 11) is 0. The van der Waals surface area contributed by atoms with E-state index < -0.39 is 12.0 Å². The molecule has 2 atom stereocenters. The summed E-state index contributed by atoms with van der Waals surface area (Å²) in [6.45, 7) is 4.81. The zero-order chi connectivity index (χ0) is 41.0. The molecule has 0 aromatic heterocycles. The fraction of sp³-hybridized carbons (Fsp3) is 0.694. The van der Waals surface area contributed by atoms with Crippen LogP contribution in [0.3, 0.4) is 0 Å². The summed E-state index contributed by atoms with van der Waals surface area (Å²) in [6, 6.07) is -0.866. The van der Waals surface area contributed by atoms with Gasteiger partial charge in [0.25, 0.3) is 0 Å². The van der Waals surface area contributed by atoms with Crippen LogP contribution in [0.15, 0.2) is 72.9 Å². The van der Waals surface area contributed by atoms with Crippen LogP contribution in [0, 0.1) is 0 Å². The first-order chi connectivity index (χ1) is 27.4. The number of amides is 1. The summed E-state index contributed by atoms with van der Waals surface area (Å²) in [6.07, 6.45) is 55.1. The third kappa shape index (κ3) is 39.1. The maximum Gasteiger partial charge on any atom is 0.326 e. The van der Waals surface area contributed by atoms with Gasteiger partial charge < -0.3 is 20.9 Å². The first kappa shape index (κ1) is 52.8. The lowest BCUT2D eigenvalue weighted by Gasteiger charge is -2.18. The van der Waals surface area contributed by atoms with Gasteiger partial charge in [-0.15, -0.1) is 0 Å². The predicted molar refractivity (Wildman–Crippen MR) is 239 cm³/mol. The molecule has 0 spiro atoms. The molecule has 0 aliphatic heterocycles. The third-order valence-electron chi connectivity index (χ3n) is 9.76. The molecule has 7 nitrogen and oxygen atoms in total. The Hall–Kier alpha value is -3.19. The highest BCUT2D eigenvalue weighted by atomic mass is 16.5. The number of unbranched alkanes of at least 4 members (excludes halogenated alkanes) is 14. The minimum atomic E-state index is -1.01. The molecule has 0 bridgehead atoms. The standard InChI is InChI=1S/C49H84N2O5/c1-3-5-7-9-11-13-15-17-18-19-20-22-24-26-28-33-37-43-48(53)56-45(39-34-30-27-25-23-21-16-14-12-10-8-6-4-2)40-35-31-29-32-36-42-47(52)51-46(49(54)55)41-38-44-50/h5,7,11,13,16-18,20-22,25,27,45-46H,3-4,6,8-10,12,14-15,19,23-24,26,28-44,50H2,1-2H3,(H,51,52)(H,54,55)/b7-5-,13-11-,18-17-,21-16-,22-20-,27-25-. The maximum atomic E-state index is 12.8. The van der Waals surface area contributed by atoms with E-state index in [4.69, 9.17) is 10.5 Å². The molecule has 0 aromatic rings. The van der Waals surface area contributed by atoms with E-state index in [-0.39, 0.29) is 18.0 Å². The second-order valence-electron chi connectivity index (χ2n) is 15.1. The number of carboxylic acids is 1.